The van der Waals surface area contributed by atoms with Crippen molar-refractivity contribution in [1.82, 2.24) is 23.8 Å². The third-order valence-electron chi connectivity index (χ3n) is 9.56. The van der Waals surface area contributed by atoms with E-state index < -0.39 is 5.60 Å². The summed E-state index contributed by atoms with van der Waals surface area (Å²) in [7, 11) is 1.63. The standard InChI is InChI=1S/C31H38N6O3/c1-5-31(3,39)25-11-8-19-12-24(35(29(19)33-25)16-18-6-7-18)28-17(2)36-26(34-28)13-20(14-27(36)40-4)30(38)37-21-9-10-23(37)22(32)15-21/h8,11-14,18,21-23,39H,5-7,9-10,15-16,32H2,1-4H3/t21-,22+,23+,31?/m0/s1. The lowest BCUT2D eigenvalue weighted by Crippen LogP contribution is -2.40. The summed E-state index contributed by atoms with van der Waals surface area (Å²) >= 11 is 0. The van der Waals surface area contributed by atoms with E-state index in [1.807, 2.05) is 54.3 Å². The SMILES string of the molecule is CCC(C)(O)c1ccc2cc(-c3nc4cc(C(=O)N5[C@H]6CC[C@@H]5[C@H](N)C6)cc(OC)n4c3C)n(CC3CC3)c2n1. The molecule has 1 amide bonds. The summed E-state index contributed by atoms with van der Waals surface area (Å²) in [4.78, 5) is 25.8. The molecule has 1 aliphatic carbocycles. The van der Waals surface area contributed by atoms with Crippen molar-refractivity contribution in [3.05, 3.63) is 47.3 Å². The van der Waals surface area contributed by atoms with Crippen molar-refractivity contribution in [2.75, 3.05) is 7.11 Å². The summed E-state index contributed by atoms with van der Waals surface area (Å²) in [5.41, 5.74) is 10.9. The molecular weight excluding hydrogens is 504 g/mol. The molecule has 0 radical (unpaired) electrons. The first-order valence-electron chi connectivity index (χ1n) is 14.6. The van der Waals surface area contributed by atoms with Crippen molar-refractivity contribution < 1.29 is 14.6 Å². The predicted octanol–water partition coefficient (Wildman–Crippen LogP) is 4.40. The van der Waals surface area contributed by atoms with E-state index in [2.05, 4.69) is 10.6 Å². The van der Waals surface area contributed by atoms with E-state index in [1.54, 1.807) is 7.11 Å². The van der Waals surface area contributed by atoms with E-state index in [0.717, 1.165) is 53.9 Å². The zero-order valence-electron chi connectivity index (χ0n) is 23.7. The van der Waals surface area contributed by atoms with E-state index in [-0.39, 0.29) is 24.0 Å². The summed E-state index contributed by atoms with van der Waals surface area (Å²) < 4.78 is 10.1. The second-order valence-electron chi connectivity index (χ2n) is 12.3. The number of imidazole rings is 1. The highest BCUT2D eigenvalue weighted by Gasteiger charge is 2.47. The van der Waals surface area contributed by atoms with Gasteiger partial charge >= 0.3 is 0 Å². The first-order valence-corrected chi connectivity index (χ1v) is 14.6. The van der Waals surface area contributed by atoms with Crippen LogP contribution in [0, 0.1) is 12.8 Å². The third-order valence-corrected chi connectivity index (χ3v) is 9.56. The number of fused-ring (bicyclic) bond motifs is 4. The highest BCUT2D eigenvalue weighted by Crippen LogP contribution is 2.40. The smallest absolute Gasteiger partial charge is 0.254 e. The fourth-order valence-electron chi connectivity index (χ4n) is 6.84. The number of aliphatic hydroxyl groups is 1. The molecule has 6 heterocycles. The van der Waals surface area contributed by atoms with Crippen LogP contribution in [-0.4, -0.2) is 60.1 Å². The molecule has 2 saturated heterocycles. The first-order chi connectivity index (χ1) is 19.2. The Morgan fingerprint density at radius 2 is 1.98 bits per heavy atom. The fraction of sp³-hybridized carbons (Fsp3) is 0.516. The molecule has 7 rings (SSSR count). The van der Waals surface area contributed by atoms with Crippen LogP contribution >= 0.6 is 0 Å². The van der Waals surface area contributed by atoms with Crippen molar-refractivity contribution in [3.63, 3.8) is 0 Å². The maximum atomic E-state index is 13.7. The number of carbonyl (C=O) groups is 1. The van der Waals surface area contributed by atoms with Gasteiger partial charge in [0, 0.05) is 41.7 Å². The van der Waals surface area contributed by atoms with E-state index in [0.29, 0.717) is 35.1 Å². The highest BCUT2D eigenvalue weighted by atomic mass is 16.5. The van der Waals surface area contributed by atoms with Crippen LogP contribution in [-0.2, 0) is 12.1 Å². The lowest BCUT2D eigenvalue weighted by molar-refractivity contribution is 0.0488. The molecule has 0 spiro atoms. The number of pyridine rings is 2. The van der Waals surface area contributed by atoms with Crippen LogP contribution in [0.25, 0.3) is 28.1 Å². The van der Waals surface area contributed by atoms with Crippen molar-refractivity contribution in [1.29, 1.82) is 0 Å². The van der Waals surface area contributed by atoms with Gasteiger partial charge in [0.25, 0.3) is 5.91 Å². The Bertz CT molecular complexity index is 1650. The summed E-state index contributed by atoms with van der Waals surface area (Å²) in [6.45, 7) is 6.68. The molecule has 3 fully saturated rings. The molecule has 9 nitrogen and oxygen atoms in total. The van der Waals surface area contributed by atoms with E-state index in [9.17, 15) is 9.90 Å². The maximum Gasteiger partial charge on any atom is 0.254 e. The van der Waals surface area contributed by atoms with Gasteiger partial charge in [0.15, 0.2) is 5.88 Å². The third kappa shape index (κ3) is 3.85. The number of hydrogen-bond acceptors (Lipinski definition) is 6. The number of hydrogen-bond donors (Lipinski definition) is 2. The molecule has 2 bridgehead atoms. The Labute approximate surface area is 234 Å². The molecule has 210 valence electrons. The van der Waals surface area contributed by atoms with Crippen molar-refractivity contribution in [2.45, 2.75) is 89.6 Å². The molecular formula is C31H38N6O3. The largest absolute Gasteiger partial charge is 0.482 e. The van der Waals surface area contributed by atoms with Gasteiger partial charge in [-0.05, 0) is 82.6 Å². The van der Waals surface area contributed by atoms with Crippen molar-refractivity contribution >= 4 is 22.6 Å². The van der Waals surface area contributed by atoms with E-state index in [4.69, 9.17) is 20.4 Å². The number of rotatable bonds is 7. The van der Waals surface area contributed by atoms with Crippen molar-refractivity contribution in [2.24, 2.45) is 11.7 Å². The average Bonchev–Trinajstić information content (AvgIpc) is 3.27. The molecule has 9 heteroatoms. The highest BCUT2D eigenvalue weighted by molar-refractivity contribution is 5.96. The minimum Gasteiger partial charge on any atom is -0.482 e. The number of amides is 1. The molecule has 40 heavy (non-hydrogen) atoms. The number of ether oxygens (including phenoxy) is 1. The van der Waals surface area contributed by atoms with Gasteiger partial charge in [-0.25, -0.2) is 9.97 Å². The molecule has 1 unspecified atom stereocenters. The monoisotopic (exact) mass is 542 g/mol. The Balaban J connectivity index is 1.36. The summed E-state index contributed by atoms with van der Waals surface area (Å²) in [5.74, 6) is 1.20. The van der Waals surface area contributed by atoms with E-state index in [1.165, 1.54) is 12.8 Å². The number of aromatic nitrogens is 4. The summed E-state index contributed by atoms with van der Waals surface area (Å²) in [6.07, 6.45) is 5.86. The molecule has 4 atom stereocenters. The van der Waals surface area contributed by atoms with Gasteiger partial charge in [0.05, 0.1) is 24.2 Å². The average molecular weight is 543 g/mol. The van der Waals surface area contributed by atoms with Crippen LogP contribution in [0.15, 0.2) is 30.3 Å². The van der Waals surface area contributed by atoms with Crippen LogP contribution in [0.1, 0.15) is 74.1 Å². The van der Waals surface area contributed by atoms with Crippen LogP contribution in [0.5, 0.6) is 5.88 Å². The Morgan fingerprint density at radius 3 is 2.62 bits per heavy atom. The van der Waals surface area contributed by atoms with Crippen LogP contribution < -0.4 is 10.5 Å². The molecule has 1 saturated carbocycles. The maximum absolute atomic E-state index is 13.7. The van der Waals surface area contributed by atoms with Crippen molar-refractivity contribution in [3.8, 4) is 17.3 Å². The normalized spacial score (nSPS) is 23.9. The second-order valence-corrected chi connectivity index (χ2v) is 12.3. The number of nitrogens with two attached hydrogens (primary N) is 1. The first kappa shape index (κ1) is 25.5. The van der Waals surface area contributed by atoms with Gasteiger partial charge in [-0.15, -0.1) is 0 Å². The predicted molar refractivity (Wildman–Crippen MR) is 153 cm³/mol. The van der Waals surface area contributed by atoms with Gasteiger partial charge in [-0.1, -0.05) is 6.92 Å². The van der Waals surface area contributed by atoms with Gasteiger partial charge < -0.3 is 25.0 Å². The summed E-state index contributed by atoms with van der Waals surface area (Å²) in [5, 5.41) is 11.9. The van der Waals surface area contributed by atoms with Gasteiger partial charge in [0.1, 0.15) is 22.6 Å². The minimum absolute atomic E-state index is 0.00556. The number of aryl methyl sites for hydroxylation is 1. The van der Waals surface area contributed by atoms with Crippen LogP contribution in [0.3, 0.4) is 0 Å². The quantitative estimate of drug-likeness (QED) is 0.358. The number of nitrogens with zero attached hydrogens (tertiary/aromatic N) is 5. The molecule has 2 aliphatic heterocycles. The zero-order chi connectivity index (χ0) is 27.9. The topological polar surface area (TPSA) is 111 Å². The number of methoxy groups -OCH3 is 1. The van der Waals surface area contributed by atoms with Gasteiger partial charge in [0.2, 0.25) is 0 Å². The van der Waals surface area contributed by atoms with Crippen LogP contribution in [0.2, 0.25) is 0 Å². The molecule has 4 aromatic rings. The number of carbonyl (C=O) groups excluding carboxylic acids is 1. The van der Waals surface area contributed by atoms with E-state index >= 15 is 0 Å². The second kappa shape index (κ2) is 9.04. The molecule has 4 aromatic heterocycles. The Morgan fingerprint density at radius 1 is 1.18 bits per heavy atom. The fourth-order valence-corrected chi connectivity index (χ4v) is 6.84. The molecule has 0 aromatic carbocycles. The Kier molecular flexibility index (Phi) is 5.77. The lowest BCUT2D eigenvalue weighted by atomic mass is 9.97. The zero-order valence-corrected chi connectivity index (χ0v) is 23.7. The molecule has 3 N–H and O–H groups in total. The lowest BCUT2D eigenvalue weighted by Gasteiger charge is -2.23. The van der Waals surface area contributed by atoms with Gasteiger partial charge in [-0.3, -0.25) is 9.20 Å². The molecule has 3 aliphatic rings. The van der Waals surface area contributed by atoms with Gasteiger partial charge in [-0.2, -0.15) is 0 Å². The summed E-state index contributed by atoms with van der Waals surface area (Å²) in [6, 6.07) is 10.2. The van der Waals surface area contributed by atoms with Crippen LogP contribution in [0.4, 0.5) is 0 Å². The minimum atomic E-state index is -0.989. The Hall–Kier alpha value is -3.43.